The maximum absolute atomic E-state index is 12.5. The Kier molecular flexibility index (Phi) is 6.62. The average Bonchev–Trinajstić information content (AvgIpc) is 3.24. The Morgan fingerprint density at radius 1 is 1.06 bits per heavy atom. The maximum Gasteiger partial charge on any atom is 0.255 e. The van der Waals surface area contributed by atoms with Crippen molar-refractivity contribution < 1.29 is 19.0 Å². The fourth-order valence-corrected chi connectivity index (χ4v) is 3.11. The van der Waals surface area contributed by atoms with Crippen molar-refractivity contribution in [3.05, 3.63) is 83.9 Å². The summed E-state index contributed by atoms with van der Waals surface area (Å²) >= 11 is 0. The number of fused-ring (bicyclic) bond motifs is 1. The SMILES string of the molecule is COCCOc1ccc(NC(=O)c2ccc(OCc3cn4cccc(C)c4n3)cc2)cn1. The normalized spacial score (nSPS) is 10.8. The number of carbonyl (C=O) groups excluding carboxylic acids is 1. The van der Waals surface area contributed by atoms with Gasteiger partial charge in [-0.1, -0.05) is 6.07 Å². The fourth-order valence-electron chi connectivity index (χ4n) is 3.11. The highest BCUT2D eigenvalue weighted by molar-refractivity contribution is 6.04. The van der Waals surface area contributed by atoms with Gasteiger partial charge in [0.2, 0.25) is 5.88 Å². The molecule has 1 amide bonds. The Morgan fingerprint density at radius 2 is 1.91 bits per heavy atom. The number of ether oxygens (including phenoxy) is 3. The molecule has 0 fully saturated rings. The monoisotopic (exact) mass is 432 g/mol. The number of nitrogens with zero attached hydrogens (tertiary/aromatic N) is 3. The number of rotatable bonds is 9. The zero-order valence-corrected chi connectivity index (χ0v) is 17.9. The van der Waals surface area contributed by atoms with Crippen molar-refractivity contribution in [2.75, 3.05) is 25.6 Å². The Morgan fingerprint density at radius 3 is 2.62 bits per heavy atom. The van der Waals surface area contributed by atoms with Crippen LogP contribution in [0.5, 0.6) is 11.6 Å². The van der Waals surface area contributed by atoms with Gasteiger partial charge < -0.3 is 23.9 Å². The third-order valence-corrected chi connectivity index (χ3v) is 4.76. The van der Waals surface area contributed by atoms with Crippen LogP contribution in [-0.2, 0) is 11.3 Å². The van der Waals surface area contributed by atoms with E-state index in [4.69, 9.17) is 14.2 Å². The van der Waals surface area contributed by atoms with Crippen LogP contribution >= 0.6 is 0 Å². The van der Waals surface area contributed by atoms with E-state index in [1.807, 2.05) is 35.9 Å². The minimum Gasteiger partial charge on any atom is -0.487 e. The molecule has 0 unspecified atom stereocenters. The van der Waals surface area contributed by atoms with E-state index in [-0.39, 0.29) is 5.91 Å². The van der Waals surface area contributed by atoms with Crippen LogP contribution in [0, 0.1) is 6.92 Å². The topological polar surface area (TPSA) is 87.0 Å². The molecule has 0 aliphatic heterocycles. The highest BCUT2D eigenvalue weighted by Crippen LogP contribution is 2.17. The lowest BCUT2D eigenvalue weighted by molar-refractivity contribution is 0.102. The summed E-state index contributed by atoms with van der Waals surface area (Å²) in [7, 11) is 1.61. The van der Waals surface area contributed by atoms with Crippen LogP contribution in [-0.4, -0.2) is 40.6 Å². The van der Waals surface area contributed by atoms with E-state index < -0.39 is 0 Å². The second kappa shape index (κ2) is 9.93. The molecule has 3 aromatic heterocycles. The van der Waals surface area contributed by atoms with Crippen LogP contribution in [0.4, 0.5) is 5.69 Å². The molecule has 0 bridgehead atoms. The van der Waals surface area contributed by atoms with Crippen molar-refractivity contribution in [1.82, 2.24) is 14.4 Å². The van der Waals surface area contributed by atoms with E-state index in [9.17, 15) is 4.79 Å². The summed E-state index contributed by atoms with van der Waals surface area (Å²) in [5.74, 6) is 0.902. The molecule has 0 radical (unpaired) electrons. The molecule has 8 heteroatoms. The molecule has 3 heterocycles. The molecule has 0 atom stereocenters. The lowest BCUT2D eigenvalue weighted by Gasteiger charge is -2.08. The molecule has 0 saturated carbocycles. The summed E-state index contributed by atoms with van der Waals surface area (Å²) in [4.78, 5) is 21.3. The lowest BCUT2D eigenvalue weighted by atomic mass is 10.2. The number of hydrogen-bond donors (Lipinski definition) is 1. The average molecular weight is 432 g/mol. The van der Waals surface area contributed by atoms with Crippen molar-refractivity contribution >= 4 is 17.2 Å². The Labute approximate surface area is 185 Å². The van der Waals surface area contributed by atoms with Gasteiger partial charge in [0, 0.05) is 31.1 Å². The van der Waals surface area contributed by atoms with E-state index in [0.717, 1.165) is 16.9 Å². The molecular formula is C24H24N4O4. The first kappa shape index (κ1) is 21.3. The number of methoxy groups -OCH3 is 1. The van der Waals surface area contributed by atoms with E-state index in [1.165, 1.54) is 0 Å². The number of benzene rings is 1. The van der Waals surface area contributed by atoms with E-state index in [2.05, 4.69) is 15.3 Å². The molecule has 0 spiro atoms. The number of anilines is 1. The number of aromatic nitrogens is 3. The zero-order chi connectivity index (χ0) is 22.3. The van der Waals surface area contributed by atoms with Crippen molar-refractivity contribution in [3.63, 3.8) is 0 Å². The van der Waals surface area contributed by atoms with Gasteiger partial charge in [0.05, 0.1) is 24.2 Å². The summed E-state index contributed by atoms with van der Waals surface area (Å²) in [6.07, 6.45) is 5.46. The summed E-state index contributed by atoms with van der Waals surface area (Å²) in [5.41, 5.74) is 3.96. The molecule has 0 aliphatic rings. The van der Waals surface area contributed by atoms with Gasteiger partial charge in [-0.15, -0.1) is 0 Å². The molecule has 164 valence electrons. The zero-order valence-electron chi connectivity index (χ0n) is 17.9. The van der Waals surface area contributed by atoms with Crippen LogP contribution in [0.2, 0.25) is 0 Å². The van der Waals surface area contributed by atoms with Crippen molar-refractivity contribution in [3.8, 4) is 11.6 Å². The van der Waals surface area contributed by atoms with Gasteiger partial charge in [0.25, 0.3) is 5.91 Å². The first-order valence-electron chi connectivity index (χ1n) is 10.2. The molecule has 0 saturated heterocycles. The quantitative estimate of drug-likeness (QED) is 0.404. The van der Waals surface area contributed by atoms with E-state index >= 15 is 0 Å². The molecule has 4 rings (SSSR count). The van der Waals surface area contributed by atoms with Gasteiger partial charge in [-0.05, 0) is 48.9 Å². The maximum atomic E-state index is 12.5. The fraction of sp³-hybridized carbons (Fsp3) is 0.208. The van der Waals surface area contributed by atoms with Crippen LogP contribution in [0.15, 0.2) is 67.1 Å². The highest BCUT2D eigenvalue weighted by Gasteiger charge is 2.08. The van der Waals surface area contributed by atoms with E-state index in [0.29, 0.717) is 42.7 Å². The van der Waals surface area contributed by atoms with Crippen molar-refractivity contribution in [2.24, 2.45) is 0 Å². The predicted molar refractivity (Wildman–Crippen MR) is 120 cm³/mol. The Hall–Kier alpha value is -3.91. The number of pyridine rings is 2. The van der Waals surface area contributed by atoms with Gasteiger partial charge in [0.15, 0.2) is 0 Å². The van der Waals surface area contributed by atoms with Crippen LogP contribution in [0.25, 0.3) is 5.65 Å². The molecule has 1 N–H and O–H groups in total. The molecule has 4 aromatic rings. The lowest BCUT2D eigenvalue weighted by Crippen LogP contribution is -2.12. The number of amides is 1. The van der Waals surface area contributed by atoms with Crippen LogP contribution in [0.3, 0.4) is 0 Å². The van der Waals surface area contributed by atoms with E-state index in [1.54, 1.807) is 49.7 Å². The first-order chi connectivity index (χ1) is 15.6. The second-order valence-corrected chi connectivity index (χ2v) is 7.15. The Bertz CT molecular complexity index is 1190. The van der Waals surface area contributed by atoms with Gasteiger partial charge in [-0.2, -0.15) is 0 Å². The predicted octanol–water partition coefficient (Wildman–Crippen LogP) is 3.89. The minimum absolute atomic E-state index is 0.234. The highest BCUT2D eigenvalue weighted by atomic mass is 16.5. The second-order valence-electron chi connectivity index (χ2n) is 7.15. The summed E-state index contributed by atoms with van der Waals surface area (Å²) in [5, 5.41) is 2.81. The molecule has 32 heavy (non-hydrogen) atoms. The third-order valence-electron chi connectivity index (χ3n) is 4.76. The third kappa shape index (κ3) is 5.22. The summed E-state index contributed by atoms with van der Waals surface area (Å²) in [6.45, 7) is 3.27. The molecule has 8 nitrogen and oxygen atoms in total. The molecular weight excluding hydrogens is 408 g/mol. The summed E-state index contributed by atoms with van der Waals surface area (Å²) < 4.78 is 18.2. The van der Waals surface area contributed by atoms with Gasteiger partial charge in [-0.25, -0.2) is 9.97 Å². The van der Waals surface area contributed by atoms with Gasteiger partial charge >= 0.3 is 0 Å². The molecule has 0 aliphatic carbocycles. The first-order valence-corrected chi connectivity index (χ1v) is 10.2. The standard InChI is InChI=1S/C24H24N4O4/c1-17-4-3-11-28-15-20(26-23(17)28)16-32-21-8-5-18(6-9-21)24(29)27-19-7-10-22(25-14-19)31-13-12-30-2/h3-11,14-15H,12-13,16H2,1-2H3,(H,27,29). The van der Waals surface area contributed by atoms with Crippen LogP contribution in [0.1, 0.15) is 21.6 Å². The Balaban J connectivity index is 1.31. The number of hydrogen-bond acceptors (Lipinski definition) is 6. The minimum atomic E-state index is -0.234. The smallest absolute Gasteiger partial charge is 0.255 e. The number of aryl methyl sites for hydroxylation is 1. The molecule has 1 aromatic carbocycles. The number of nitrogens with one attached hydrogen (secondary N) is 1. The van der Waals surface area contributed by atoms with Crippen LogP contribution < -0.4 is 14.8 Å². The largest absolute Gasteiger partial charge is 0.487 e. The number of carbonyl (C=O) groups is 1. The van der Waals surface area contributed by atoms with Gasteiger partial charge in [-0.3, -0.25) is 4.79 Å². The van der Waals surface area contributed by atoms with Crippen molar-refractivity contribution in [2.45, 2.75) is 13.5 Å². The number of imidazole rings is 1. The van der Waals surface area contributed by atoms with Crippen molar-refractivity contribution in [1.29, 1.82) is 0 Å². The summed E-state index contributed by atoms with van der Waals surface area (Å²) in [6, 6.07) is 14.4. The van der Waals surface area contributed by atoms with Gasteiger partial charge in [0.1, 0.15) is 24.6 Å².